The van der Waals surface area contributed by atoms with Gasteiger partial charge in [-0.2, -0.15) is 4.98 Å². The van der Waals surface area contributed by atoms with Crippen LogP contribution >= 0.6 is 11.6 Å². The lowest BCUT2D eigenvalue weighted by Crippen LogP contribution is -2.31. The Morgan fingerprint density at radius 3 is 3.03 bits per heavy atom. The highest BCUT2D eigenvalue weighted by molar-refractivity contribution is 6.30. The van der Waals surface area contributed by atoms with E-state index >= 15 is 0 Å². The molecule has 0 bridgehead atoms. The summed E-state index contributed by atoms with van der Waals surface area (Å²) >= 11 is 6.02. The molecule has 2 aromatic heterocycles. The van der Waals surface area contributed by atoms with Crippen LogP contribution in [0.25, 0.3) is 5.82 Å². The fraction of sp³-hybridized carbons (Fsp3) is 0.333. The van der Waals surface area contributed by atoms with Gasteiger partial charge in [-0.1, -0.05) is 23.7 Å². The molecule has 0 unspecified atom stereocenters. The van der Waals surface area contributed by atoms with Crippen LogP contribution in [0.15, 0.2) is 43.0 Å². The van der Waals surface area contributed by atoms with Gasteiger partial charge in [0.25, 0.3) is 5.91 Å². The number of imidazole rings is 1. The molecule has 0 radical (unpaired) electrons. The Hall–Kier alpha value is -3.01. The van der Waals surface area contributed by atoms with E-state index in [0.29, 0.717) is 29.0 Å². The van der Waals surface area contributed by atoms with Crippen molar-refractivity contribution < 1.29 is 14.6 Å². The Balaban J connectivity index is 1.50. The van der Waals surface area contributed by atoms with Crippen molar-refractivity contribution in [2.24, 2.45) is 0 Å². The molecular formula is C21H23ClN6O3. The third kappa shape index (κ3) is 5.01. The third-order valence-corrected chi connectivity index (χ3v) is 5.24. The zero-order valence-corrected chi connectivity index (χ0v) is 17.7. The van der Waals surface area contributed by atoms with E-state index in [2.05, 4.69) is 25.6 Å². The van der Waals surface area contributed by atoms with E-state index in [9.17, 15) is 9.90 Å². The van der Waals surface area contributed by atoms with Gasteiger partial charge < -0.3 is 20.5 Å². The van der Waals surface area contributed by atoms with Crippen LogP contribution in [0, 0.1) is 6.92 Å². The average Bonchev–Trinajstić information content (AvgIpc) is 3.45. The average molecular weight is 443 g/mol. The molecule has 1 amide bonds. The van der Waals surface area contributed by atoms with E-state index in [4.69, 9.17) is 16.3 Å². The van der Waals surface area contributed by atoms with Gasteiger partial charge in [0.15, 0.2) is 0 Å². The molecule has 1 aromatic carbocycles. The third-order valence-electron chi connectivity index (χ3n) is 5.01. The zero-order valence-electron chi connectivity index (χ0n) is 17.0. The number of aliphatic hydroxyl groups excluding tert-OH is 1. The molecule has 1 saturated heterocycles. The van der Waals surface area contributed by atoms with E-state index < -0.39 is 11.9 Å². The number of aryl methyl sites for hydroxylation is 1. The van der Waals surface area contributed by atoms with Gasteiger partial charge in [0, 0.05) is 29.6 Å². The molecule has 0 saturated carbocycles. The van der Waals surface area contributed by atoms with Crippen molar-refractivity contribution >= 4 is 23.5 Å². The highest BCUT2D eigenvalue weighted by atomic mass is 35.5. The van der Waals surface area contributed by atoms with E-state index in [-0.39, 0.29) is 18.3 Å². The molecular weight excluding hydrogens is 420 g/mol. The van der Waals surface area contributed by atoms with Crippen molar-refractivity contribution in [1.82, 2.24) is 24.8 Å². The van der Waals surface area contributed by atoms with Crippen LogP contribution in [0.4, 0.5) is 5.95 Å². The van der Waals surface area contributed by atoms with Crippen molar-refractivity contribution in [3.8, 4) is 5.82 Å². The summed E-state index contributed by atoms with van der Waals surface area (Å²) in [6.45, 7) is 2.97. The number of benzene rings is 1. The maximum Gasteiger partial charge on any atom is 0.272 e. The van der Waals surface area contributed by atoms with Gasteiger partial charge in [0.1, 0.15) is 17.8 Å². The maximum atomic E-state index is 12.7. The van der Waals surface area contributed by atoms with Gasteiger partial charge in [-0.15, -0.1) is 0 Å². The monoisotopic (exact) mass is 442 g/mol. The number of carbonyl (C=O) groups excluding carboxylic acids is 1. The molecule has 3 aromatic rings. The minimum atomic E-state index is -0.596. The Labute approximate surface area is 184 Å². The van der Waals surface area contributed by atoms with Crippen LogP contribution in [0.1, 0.15) is 34.1 Å². The smallest absolute Gasteiger partial charge is 0.272 e. The molecule has 3 N–H and O–H groups in total. The first-order valence-electron chi connectivity index (χ1n) is 9.93. The molecule has 162 valence electrons. The number of nitrogens with zero attached hydrogens (tertiary/aromatic N) is 4. The van der Waals surface area contributed by atoms with Crippen molar-refractivity contribution in [1.29, 1.82) is 0 Å². The number of carbonyl (C=O) groups is 1. The number of rotatable bonds is 7. The zero-order chi connectivity index (χ0) is 21.8. The number of ether oxygens (including phenoxy) is 1. The number of hydrogen-bond acceptors (Lipinski definition) is 7. The minimum absolute atomic E-state index is 0.182. The Kier molecular flexibility index (Phi) is 6.45. The van der Waals surface area contributed by atoms with E-state index in [1.54, 1.807) is 41.2 Å². The lowest BCUT2D eigenvalue weighted by Gasteiger charge is -2.16. The summed E-state index contributed by atoms with van der Waals surface area (Å²) < 4.78 is 7.05. The molecule has 4 rings (SSSR count). The first-order valence-corrected chi connectivity index (χ1v) is 10.3. The molecule has 31 heavy (non-hydrogen) atoms. The molecule has 2 atom stereocenters. The molecule has 0 aliphatic carbocycles. The highest BCUT2D eigenvalue weighted by Crippen LogP contribution is 2.19. The fourth-order valence-electron chi connectivity index (χ4n) is 3.34. The van der Waals surface area contributed by atoms with Crippen molar-refractivity contribution in [3.05, 3.63) is 64.8 Å². The Morgan fingerprint density at radius 2 is 2.29 bits per heavy atom. The largest absolute Gasteiger partial charge is 0.394 e. The number of nitrogens with one attached hydrogen (secondary N) is 2. The molecule has 1 aliphatic heterocycles. The lowest BCUT2D eigenvalue weighted by atomic mass is 10.1. The maximum absolute atomic E-state index is 12.7. The van der Waals surface area contributed by atoms with Crippen LogP contribution < -0.4 is 10.6 Å². The minimum Gasteiger partial charge on any atom is -0.394 e. The highest BCUT2D eigenvalue weighted by Gasteiger charge is 2.19. The molecule has 10 heteroatoms. The van der Waals surface area contributed by atoms with Gasteiger partial charge in [-0.05, 0) is 31.0 Å². The second kappa shape index (κ2) is 9.42. The Bertz CT molecular complexity index is 1070. The summed E-state index contributed by atoms with van der Waals surface area (Å²) in [5.74, 6) is 0.708. The summed E-state index contributed by atoms with van der Waals surface area (Å²) in [7, 11) is 0. The fourth-order valence-corrected chi connectivity index (χ4v) is 3.54. The molecule has 1 aliphatic rings. The molecule has 0 spiro atoms. The van der Waals surface area contributed by atoms with E-state index in [1.165, 1.54) is 6.33 Å². The quantitative estimate of drug-likeness (QED) is 0.514. The van der Waals surface area contributed by atoms with Gasteiger partial charge >= 0.3 is 0 Å². The summed E-state index contributed by atoms with van der Waals surface area (Å²) in [5, 5.41) is 16.3. The van der Waals surface area contributed by atoms with Gasteiger partial charge in [-0.3, -0.25) is 9.36 Å². The second-order valence-corrected chi connectivity index (χ2v) is 7.77. The van der Waals surface area contributed by atoms with E-state index in [1.807, 2.05) is 6.92 Å². The van der Waals surface area contributed by atoms with Gasteiger partial charge in [0.2, 0.25) is 5.95 Å². The van der Waals surface area contributed by atoms with Crippen LogP contribution in [0.2, 0.25) is 5.02 Å². The molecule has 1 fully saturated rings. The lowest BCUT2D eigenvalue weighted by molar-refractivity contribution is 0.0911. The van der Waals surface area contributed by atoms with E-state index in [0.717, 1.165) is 18.6 Å². The van der Waals surface area contributed by atoms with Gasteiger partial charge in [-0.25, -0.2) is 9.97 Å². The summed E-state index contributed by atoms with van der Waals surface area (Å²) in [6.07, 6.45) is 5.75. The van der Waals surface area contributed by atoms with Crippen molar-refractivity contribution in [2.45, 2.75) is 25.4 Å². The molecule has 3 heterocycles. The predicted octanol–water partition coefficient (Wildman–Crippen LogP) is 2.29. The number of hydrogen-bond donors (Lipinski definition) is 3. The summed E-state index contributed by atoms with van der Waals surface area (Å²) in [5.41, 5.74) is 1.75. The number of aliphatic hydroxyl groups is 1. The summed E-state index contributed by atoms with van der Waals surface area (Å²) in [4.78, 5) is 25.8. The number of halogens is 1. The molecule has 9 nitrogen and oxygen atoms in total. The van der Waals surface area contributed by atoms with Crippen molar-refractivity contribution in [2.75, 3.05) is 25.1 Å². The first kappa shape index (κ1) is 21.2. The number of amides is 1. The van der Waals surface area contributed by atoms with Crippen LogP contribution in [0.5, 0.6) is 0 Å². The number of aromatic nitrogens is 4. The normalized spacial score (nSPS) is 16.8. The second-order valence-electron chi connectivity index (χ2n) is 7.33. The first-order chi connectivity index (χ1) is 15.0. The van der Waals surface area contributed by atoms with Crippen LogP contribution in [-0.4, -0.2) is 56.4 Å². The van der Waals surface area contributed by atoms with Crippen LogP contribution in [-0.2, 0) is 4.74 Å². The standard InChI is InChI=1S/C21H23ClN6O3/c1-13-8-23-21(25-16-5-6-31-11-16)27-19(13)28-9-17(24-12-28)20(30)26-18(10-29)14-3-2-4-15(22)7-14/h2-4,7-9,12,16,18,29H,5-6,10-11H2,1H3,(H,26,30)(H,23,25,27)/t16-,18-/m1/s1. The predicted molar refractivity (Wildman–Crippen MR) is 115 cm³/mol. The van der Waals surface area contributed by atoms with Crippen molar-refractivity contribution in [3.63, 3.8) is 0 Å². The van der Waals surface area contributed by atoms with Gasteiger partial charge in [0.05, 0.1) is 25.3 Å². The number of anilines is 1. The van der Waals surface area contributed by atoms with Crippen LogP contribution in [0.3, 0.4) is 0 Å². The topological polar surface area (TPSA) is 114 Å². The summed E-state index contributed by atoms with van der Waals surface area (Å²) in [6, 6.07) is 6.58. The SMILES string of the molecule is Cc1cnc(N[C@@H]2CCOC2)nc1-n1cnc(C(=O)N[C@H](CO)c2cccc(Cl)c2)c1. The Morgan fingerprint density at radius 1 is 1.42 bits per heavy atom.